The number of amides is 1. The lowest BCUT2D eigenvalue weighted by atomic mass is 9.88. The predicted octanol–water partition coefficient (Wildman–Crippen LogP) is 2.72. The van der Waals surface area contributed by atoms with Crippen LogP contribution in [0.1, 0.15) is 36.2 Å². The van der Waals surface area contributed by atoms with Crippen molar-refractivity contribution in [2.45, 2.75) is 37.9 Å². The van der Waals surface area contributed by atoms with Crippen molar-refractivity contribution in [3.8, 4) is 0 Å². The molecule has 0 spiro atoms. The normalized spacial score (nSPS) is 20.8. The number of nitrogens with one attached hydrogen (secondary N) is 2. The Balaban J connectivity index is 1.61. The van der Waals surface area contributed by atoms with E-state index in [0.717, 1.165) is 24.4 Å². The molecular formula is C22H29N3O3S. The minimum atomic E-state index is -0.870. The van der Waals surface area contributed by atoms with Crippen molar-refractivity contribution in [1.82, 2.24) is 15.5 Å². The molecule has 3 rings (SSSR count). The molecule has 1 aromatic carbocycles. The Hall–Kier alpha value is -2.22. The van der Waals surface area contributed by atoms with Crippen LogP contribution in [-0.4, -0.2) is 49.1 Å². The highest BCUT2D eigenvalue weighted by Gasteiger charge is 2.43. The summed E-state index contributed by atoms with van der Waals surface area (Å²) in [5, 5.41) is 8.21. The van der Waals surface area contributed by atoms with Crippen molar-refractivity contribution >= 4 is 23.2 Å². The number of nitrogens with zero attached hydrogens (tertiary/aromatic N) is 1. The fourth-order valence-electron chi connectivity index (χ4n) is 3.85. The Bertz CT molecular complexity index is 797. The number of carbonyl (C=O) groups is 2. The molecule has 6 nitrogen and oxygen atoms in total. The number of carbonyl (C=O) groups excluding carboxylic acids is 2. The van der Waals surface area contributed by atoms with Crippen LogP contribution in [0.3, 0.4) is 0 Å². The first-order valence-electron chi connectivity index (χ1n) is 9.95. The molecule has 156 valence electrons. The first-order chi connectivity index (χ1) is 14.0. The minimum Gasteiger partial charge on any atom is -0.468 e. The third-order valence-corrected chi connectivity index (χ3v) is 6.39. The standard InChI is InChI=1S/C22H29N3O3S/c1-17(19-10-6-13-29-19)24-20(26)14-23-22(21(27)28-2)11-7-12-25(16-22)15-18-8-4-3-5-9-18/h3-6,8-10,13,17,23H,7,11-12,14-16H2,1-2H3,(H,24,26)/t17-,22-/m1/s1. The molecule has 1 saturated heterocycles. The molecule has 2 heterocycles. The average molecular weight is 416 g/mol. The Morgan fingerprint density at radius 1 is 1.24 bits per heavy atom. The molecule has 1 amide bonds. The monoisotopic (exact) mass is 415 g/mol. The summed E-state index contributed by atoms with van der Waals surface area (Å²) in [6.45, 7) is 4.23. The molecule has 0 unspecified atom stereocenters. The average Bonchev–Trinajstić information content (AvgIpc) is 3.28. The second-order valence-corrected chi connectivity index (χ2v) is 8.51. The van der Waals surface area contributed by atoms with Crippen LogP contribution in [0, 0.1) is 0 Å². The van der Waals surface area contributed by atoms with Crippen LogP contribution in [0.2, 0.25) is 0 Å². The van der Waals surface area contributed by atoms with E-state index in [1.807, 2.05) is 42.6 Å². The van der Waals surface area contributed by atoms with Gasteiger partial charge in [0.2, 0.25) is 5.91 Å². The molecule has 2 N–H and O–H groups in total. The van der Waals surface area contributed by atoms with Crippen LogP contribution in [-0.2, 0) is 20.9 Å². The maximum atomic E-state index is 12.7. The van der Waals surface area contributed by atoms with Crippen LogP contribution in [0.4, 0.5) is 0 Å². The van der Waals surface area contributed by atoms with Gasteiger partial charge >= 0.3 is 5.97 Å². The lowest BCUT2D eigenvalue weighted by molar-refractivity contribution is -0.151. The zero-order valence-electron chi connectivity index (χ0n) is 17.0. The fraction of sp³-hybridized carbons (Fsp3) is 0.455. The summed E-state index contributed by atoms with van der Waals surface area (Å²) < 4.78 is 5.11. The zero-order chi connectivity index (χ0) is 20.7. The van der Waals surface area contributed by atoms with Crippen LogP contribution >= 0.6 is 11.3 Å². The molecule has 2 atom stereocenters. The van der Waals surface area contributed by atoms with Crippen molar-refractivity contribution in [2.75, 3.05) is 26.7 Å². The highest BCUT2D eigenvalue weighted by atomic mass is 32.1. The first kappa shape index (κ1) is 21.5. The van der Waals surface area contributed by atoms with Gasteiger partial charge < -0.3 is 10.1 Å². The molecule has 1 aliphatic heterocycles. The number of esters is 1. The SMILES string of the molecule is COC(=O)[C@@]1(NCC(=O)N[C@H](C)c2cccs2)CCCN(Cc2ccccc2)C1. The molecule has 2 aromatic rings. The highest BCUT2D eigenvalue weighted by Crippen LogP contribution is 2.24. The van der Waals surface area contributed by atoms with E-state index in [0.29, 0.717) is 13.0 Å². The van der Waals surface area contributed by atoms with E-state index >= 15 is 0 Å². The molecule has 0 aliphatic carbocycles. The number of benzene rings is 1. The predicted molar refractivity (Wildman–Crippen MR) is 115 cm³/mol. The Labute approximate surface area is 176 Å². The zero-order valence-corrected chi connectivity index (χ0v) is 17.8. The van der Waals surface area contributed by atoms with Gasteiger partial charge in [-0.25, -0.2) is 0 Å². The summed E-state index contributed by atoms with van der Waals surface area (Å²) in [6, 6.07) is 14.1. The van der Waals surface area contributed by atoms with Crippen molar-refractivity contribution in [2.24, 2.45) is 0 Å². The molecule has 0 radical (unpaired) electrons. The van der Waals surface area contributed by atoms with Gasteiger partial charge in [-0.3, -0.25) is 19.8 Å². The van der Waals surface area contributed by atoms with E-state index < -0.39 is 5.54 Å². The number of methoxy groups -OCH3 is 1. The van der Waals surface area contributed by atoms with E-state index in [4.69, 9.17) is 4.74 Å². The molecule has 29 heavy (non-hydrogen) atoms. The van der Waals surface area contributed by atoms with Gasteiger partial charge in [-0.05, 0) is 43.3 Å². The van der Waals surface area contributed by atoms with E-state index in [2.05, 4.69) is 27.7 Å². The first-order valence-corrected chi connectivity index (χ1v) is 10.8. The van der Waals surface area contributed by atoms with Gasteiger partial charge in [-0.2, -0.15) is 0 Å². The maximum Gasteiger partial charge on any atom is 0.327 e. The van der Waals surface area contributed by atoms with Crippen molar-refractivity contribution in [1.29, 1.82) is 0 Å². The smallest absolute Gasteiger partial charge is 0.327 e. The number of rotatable bonds is 8. The van der Waals surface area contributed by atoms with Crippen LogP contribution in [0.25, 0.3) is 0 Å². The van der Waals surface area contributed by atoms with Crippen LogP contribution < -0.4 is 10.6 Å². The fourth-order valence-corrected chi connectivity index (χ4v) is 4.58. The summed E-state index contributed by atoms with van der Waals surface area (Å²) in [4.78, 5) is 28.5. The number of thiophene rings is 1. The molecule has 0 bridgehead atoms. The second-order valence-electron chi connectivity index (χ2n) is 7.53. The molecule has 0 saturated carbocycles. The van der Waals surface area contributed by atoms with Crippen molar-refractivity contribution < 1.29 is 14.3 Å². The number of hydrogen-bond acceptors (Lipinski definition) is 6. The van der Waals surface area contributed by atoms with Gasteiger partial charge in [0.05, 0.1) is 19.7 Å². The second kappa shape index (κ2) is 10.0. The summed E-state index contributed by atoms with van der Waals surface area (Å²) in [7, 11) is 1.40. The van der Waals surface area contributed by atoms with Crippen molar-refractivity contribution in [3.05, 3.63) is 58.3 Å². The number of ether oxygens (including phenoxy) is 1. The molecular weight excluding hydrogens is 386 g/mol. The van der Waals surface area contributed by atoms with E-state index in [1.165, 1.54) is 12.7 Å². The lowest BCUT2D eigenvalue weighted by Crippen LogP contribution is -2.63. The quantitative estimate of drug-likeness (QED) is 0.649. The molecule has 1 fully saturated rings. The summed E-state index contributed by atoms with van der Waals surface area (Å²) in [6.07, 6.45) is 1.51. The highest BCUT2D eigenvalue weighted by molar-refractivity contribution is 7.10. The van der Waals surface area contributed by atoms with Gasteiger partial charge in [-0.1, -0.05) is 36.4 Å². The van der Waals surface area contributed by atoms with E-state index in [-0.39, 0.29) is 24.5 Å². The van der Waals surface area contributed by atoms with Gasteiger partial charge in [0.25, 0.3) is 0 Å². The van der Waals surface area contributed by atoms with Crippen LogP contribution in [0.15, 0.2) is 47.8 Å². The van der Waals surface area contributed by atoms with Gasteiger partial charge in [0, 0.05) is 18.0 Å². The maximum absolute atomic E-state index is 12.7. The number of likely N-dealkylation sites (tertiary alicyclic amines) is 1. The van der Waals surface area contributed by atoms with Gasteiger partial charge in [-0.15, -0.1) is 11.3 Å². The topological polar surface area (TPSA) is 70.7 Å². The summed E-state index contributed by atoms with van der Waals surface area (Å²) in [5.41, 5.74) is 0.335. The van der Waals surface area contributed by atoms with Crippen molar-refractivity contribution in [3.63, 3.8) is 0 Å². The molecule has 1 aliphatic rings. The third kappa shape index (κ3) is 5.65. The van der Waals surface area contributed by atoms with Crippen LogP contribution in [0.5, 0.6) is 0 Å². The van der Waals surface area contributed by atoms with Gasteiger partial charge in [0.1, 0.15) is 5.54 Å². The number of hydrogen-bond donors (Lipinski definition) is 2. The largest absolute Gasteiger partial charge is 0.468 e. The number of piperidine rings is 1. The van der Waals surface area contributed by atoms with E-state index in [1.54, 1.807) is 11.3 Å². The minimum absolute atomic E-state index is 0.0562. The molecule has 7 heteroatoms. The Morgan fingerprint density at radius 3 is 2.72 bits per heavy atom. The Morgan fingerprint density at radius 2 is 2.03 bits per heavy atom. The van der Waals surface area contributed by atoms with E-state index in [9.17, 15) is 9.59 Å². The summed E-state index contributed by atoms with van der Waals surface area (Å²) >= 11 is 1.61. The third-order valence-electron chi connectivity index (χ3n) is 5.33. The van der Waals surface area contributed by atoms with Gasteiger partial charge in [0.15, 0.2) is 0 Å². The Kier molecular flexibility index (Phi) is 7.41. The molecule has 1 aromatic heterocycles. The summed E-state index contributed by atoms with van der Waals surface area (Å²) in [5.74, 6) is -0.441. The lowest BCUT2D eigenvalue weighted by Gasteiger charge is -2.41.